The van der Waals surface area contributed by atoms with Crippen LogP contribution in [0.2, 0.25) is 0 Å². The molecule has 1 aromatic rings. The minimum absolute atomic E-state index is 0.0148. The highest BCUT2D eigenvalue weighted by Crippen LogP contribution is 2.34. The third-order valence-electron chi connectivity index (χ3n) is 4.26. The molecular formula is C17H20O4. The molecule has 3 rings (SSSR count). The van der Waals surface area contributed by atoms with Crippen LogP contribution in [0.5, 0.6) is 5.75 Å². The van der Waals surface area contributed by atoms with Gasteiger partial charge >= 0.3 is 0 Å². The van der Waals surface area contributed by atoms with E-state index < -0.39 is 0 Å². The molecule has 0 radical (unpaired) electrons. The van der Waals surface area contributed by atoms with Crippen molar-refractivity contribution >= 4 is 5.78 Å². The molecule has 1 aliphatic heterocycles. The van der Waals surface area contributed by atoms with Crippen LogP contribution in [0.15, 0.2) is 30.2 Å². The van der Waals surface area contributed by atoms with Crippen LogP contribution in [0.25, 0.3) is 0 Å². The predicted molar refractivity (Wildman–Crippen MR) is 77.9 cm³/mol. The molecule has 0 aromatic heterocycles. The number of carbonyl (C=O) groups is 1. The molecule has 112 valence electrons. The first-order valence-electron chi connectivity index (χ1n) is 7.37. The van der Waals surface area contributed by atoms with Gasteiger partial charge in [0.05, 0.1) is 12.0 Å². The maximum atomic E-state index is 12.5. The minimum atomic E-state index is -0.367. The molecule has 4 heteroatoms. The highest BCUT2D eigenvalue weighted by atomic mass is 16.5. The summed E-state index contributed by atoms with van der Waals surface area (Å²) in [5.41, 5.74) is 2.06. The van der Waals surface area contributed by atoms with Crippen LogP contribution in [0, 0.1) is 19.8 Å². The summed E-state index contributed by atoms with van der Waals surface area (Å²) in [6, 6.07) is 5.90. The quantitative estimate of drug-likeness (QED) is 0.909. The van der Waals surface area contributed by atoms with Crippen molar-refractivity contribution in [3.05, 3.63) is 41.3 Å². The lowest BCUT2D eigenvalue weighted by atomic mass is 9.80. The van der Waals surface area contributed by atoms with Gasteiger partial charge < -0.3 is 14.6 Å². The number of ketones is 1. The standard InChI is InChI=1S/C17H20O4/c1-10-3-4-11(2)14(7-10)21-16-9-20-15-8-12(18)5-6-13(15)17(16)19/h3-4,7,9,12-13,15,18H,5-6,8H2,1-2H3. The molecule has 1 heterocycles. The number of hydrogen-bond acceptors (Lipinski definition) is 4. The molecule has 4 nitrogen and oxygen atoms in total. The summed E-state index contributed by atoms with van der Waals surface area (Å²) < 4.78 is 11.4. The van der Waals surface area contributed by atoms with Gasteiger partial charge in [-0.25, -0.2) is 0 Å². The molecular weight excluding hydrogens is 268 g/mol. The van der Waals surface area contributed by atoms with Crippen LogP contribution in [0.1, 0.15) is 30.4 Å². The van der Waals surface area contributed by atoms with Gasteiger partial charge in [-0.3, -0.25) is 4.79 Å². The fourth-order valence-corrected chi connectivity index (χ4v) is 2.96. The van der Waals surface area contributed by atoms with Crippen molar-refractivity contribution in [3.63, 3.8) is 0 Å². The van der Waals surface area contributed by atoms with Crippen molar-refractivity contribution in [1.29, 1.82) is 0 Å². The summed E-state index contributed by atoms with van der Waals surface area (Å²) in [6.07, 6.45) is 2.64. The van der Waals surface area contributed by atoms with Crippen LogP contribution in [-0.2, 0) is 9.53 Å². The maximum absolute atomic E-state index is 12.5. The Labute approximate surface area is 124 Å². The summed E-state index contributed by atoms with van der Waals surface area (Å²) in [4.78, 5) is 12.5. The van der Waals surface area contributed by atoms with E-state index in [2.05, 4.69) is 0 Å². The Bertz CT molecular complexity index is 590. The van der Waals surface area contributed by atoms with E-state index in [9.17, 15) is 9.90 Å². The average molecular weight is 288 g/mol. The maximum Gasteiger partial charge on any atom is 0.207 e. The zero-order chi connectivity index (χ0) is 15.0. The normalized spacial score (nSPS) is 28.4. The number of Topliss-reactive ketones (excluding diaryl/α,β-unsaturated/α-hetero) is 1. The number of aliphatic hydroxyl groups is 1. The van der Waals surface area contributed by atoms with Gasteiger partial charge in [0.2, 0.25) is 11.5 Å². The molecule has 0 spiro atoms. The first-order chi connectivity index (χ1) is 10.0. The summed E-state index contributed by atoms with van der Waals surface area (Å²) in [5, 5.41) is 9.66. The number of ether oxygens (including phenoxy) is 2. The predicted octanol–water partition coefficient (Wildman–Crippen LogP) is 2.65. The molecule has 3 unspecified atom stereocenters. The molecule has 0 bridgehead atoms. The summed E-state index contributed by atoms with van der Waals surface area (Å²) in [7, 11) is 0. The second kappa shape index (κ2) is 5.53. The lowest BCUT2D eigenvalue weighted by Gasteiger charge is -2.35. The number of aryl methyl sites for hydroxylation is 2. The number of aliphatic hydroxyl groups excluding tert-OH is 1. The van der Waals surface area contributed by atoms with E-state index in [0.29, 0.717) is 25.0 Å². The first-order valence-corrected chi connectivity index (χ1v) is 7.37. The van der Waals surface area contributed by atoms with Gasteiger partial charge in [-0.15, -0.1) is 0 Å². The Hall–Kier alpha value is -1.81. The van der Waals surface area contributed by atoms with E-state index in [0.717, 1.165) is 11.1 Å². The Morgan fingerprint density at radius 2 is 2.10 bits per heavy atom. The van der Waals surface area contributed by atoms with Gasteiger partial charge in [0.25, 0.3) is 0 Å². The second-order valence-corrected chi connectivity index (χ2v) is 5.97. The van der Waals surface area contributed by atoms with E-state index in [1.807, 2.05) is 32.0 Å². The molecule has 0 amide bonds. The molecule has 1 aromatic carbocycles. The van der Waals surface area contributed by atoms with E-state index >= 15 is 0 Å². The van der Waals surface area contributed by atoms with Crippen LogP contribution in [-0.4, -0.2) is 23.1 Å². The van der Waals surface area contributed by atoms with E-state index in [1.54, 1.807) is 0 Å². The first kappa shape index (κ1) is 14.1. The van der Waals surface area contributed by atoms with E-state index in [-0.39, 0.29) is 29.7 Å². The Morgan fingerprint density at radius 1 is 1.29 bits per heavy atom. The number of allylic oxidation sites excluding steroid dienone is 1. The van der Waals surface area contributed by atoms with Crippen molar-refractivity contribution in [2.75, 3.05) is 0 Å². The molecule has 1 saturated carbocycles. The van der Waals surface area contributed by atoms with Crippen LogP contribution >= 0.6 is 0 Å². The van der Waals surface area contributed by atoms with Crippen molar-refractivity contribution < 1.29 is 19.4 Å². The van der Waals surface area contributed by atoms with Gasteiger partial charge in [0, 0.05) is 6.42 Å². The smallest absolute Gasteiger partial charge is 0.207 e. The average Bonchev–Trinajstić information content (AvgIpc) is 2.45. The Kier molecular flexibility index (Phi) is 3.72. The van der Waals surface area contributed by atoms with Crippen molar-refractivity contribution in [2.45, 2.75) is 45.3 Å². The second-order valence-electron chi connectivity index (χ2n) is 5.97. The van der Waals surface area contributed by atoms with Gasteiger partial charge in [-0.2, -0.15) is 0 Å². The summed E-state index contributed by atoms with van der Waals surface area (Å²) in [5.74, 6) is 0.742. The lowest BCUT2D eigenvalue weighted by molar-refractivity contribution is -0.132. The van der Waals surface area contributed by atoms with Crippen LogP contribution < -0.4 is 4.74 Å². The summed E-state index contributed by atoms with van der Waals surface area (Å²) >= 11 is 0. The molecule has 1 N–H and O–H groups in total. The van der Waals surface area contributed by atoms with Crippen molar-refractivity contribution in [1.82, 2.24) is 0 Å². The monoisotopic (exact) mass is 288 g/mol. The summed E-state index contributed by atoms with van der Waals surface area (Å²) in [6.45, 7) is 3.93. The zero-order valence-electron chi connectivity index (χ0n) is 12.3. The highest BCUT2D eigenvalue weighted by Gasteiger charge is 2.40. The SMILES string of the molecule is Cc1ccc(C)c(OC2=COC3CC(O)CCC3C2=O)c1. The van der Waals surface area contributed by atoms with Crippen molar-refractivity contribution in [2.24, 2.45) is 5.92 Å². The van der Waals surface area contributed by atoms with Crippen molar-refractivity contribution in [3.8, 4) is 5.75 Å². The zero-order valence-corrected chi connectivity index (χ0v) is 12.3. The molecule has 1 fully saturated rings. The third kappa shape index (κ3) is 2.81. The molecule has 3 atom stereocenters. The van der Waals surface area contributed by atoms with Crippen LogP contribution in [0.3, 0.4) is 0 Å². The topological polar surface area (TPSA) is 55.8 Å². The number of fused-ring (bicyclic) bond motifs is 1. The molecule has 0 saturated heterocycles. The fraction of sp³-hybridized carbons (Fsp3) is 0.471. The largest absolute Gasteiger partial charge is 0.493 e. The Balaban J connectivity index is 1.80. The van der Waals surface area contributed by atoms with Gasteiger partial charge in [0.1, 0.15) is 18.1 Å². The van der Waals surface area contributed by atoms with E-state index in [4.69, 9.17) is 9.47 Å². The number of rotatable bonds is 2. The molecule has 21 heavy (non-hydrogen) atoms. The fourth-order valence-electron chi connectivity index (χ4n) is 2.96. The van der Waals surface area contributed by atoms with E-state index in [1.165, 1.54) is 6.26 Å². The number of hydrogen-bond donors (Lipinski definition) is 1. The minimum Gasteiger partial charge on any atom is -0.493 e. The number of carbonyl (C=O) groups excluding carboxylic acids is 1. The van der Waals surface area contributed by atoms with Gasteiger partial charge in [0.15, 0.2) is 0 Å². The molecule has 2 aliphatic rings. The number of benzene rings is 1. The van der Waals surface area contributed by atoms with Gasteiger partial charge in [-0.1, -0.05) is 12.1 Å². The Morgan fingerprint density at radius 3 is 2.90 bits per heavy atom. The molecule has 1 aliphatic carbocycles. The van der Waals surface area contributed by atoms with Crippen LogP contribution in [0.4, 0.5) is 0 Å². The highest BCUT2D eigenvalue weighted by molar-refractivity contribution is 5.96. The van der Waals surface area contributed by atoms with Gasteiger partial charge in [-0.05, 0) is 43.9 Å². The lowest BCUT2D eigenvalue weighted by Crippen LogP contribution is -2.41. The third-order valence-corrected chi connectivity index (χ3v) is 4.26.